The van der Waals surface area contributed by atoms with Crippen molar-refractivity contribution in [1.82, 2.24) is 0 Å². The summed E-state index contributed by atoms with van der Waals surface area (Å²) in [5.41, 5.74) is 0. The van der Waals surface area contributed by atoms with Gasteiger partial charge in [-0.05, 0) is 26.0 Å². The smallest absolute Gasteiger partial charge is 0.876 e. The van der Waals surface area contributed by atoms with Crippen LogP contribution in [-0.4, -0.2) is 35.5 Å². The molecule has 0 aromatic rings. The van der Waals surface area contributed by atoms with E-state index in [0.717, 1.165) is 25.0 Å². The van der Waals surface area contributed by atoms with Crippen LogP contribution < -0.4 is 10.2 Å². The van der Waals surface area contributed by atoms with Crippen molar-refractivity contribution in [2.75, 3.05) is 0 Å². The molecule has 0 saturated carbocycles. The average molecular weight is 543 g/mol. The Morgan fingerprint density at radius 1 is 0.613 bits per heavy atom. The van der Waals surface area contributed by atoms with Crippen LogP contribution in [0.2, 0.25) is 0 Å². The molecular formula is C26H48O4Sn. The Morgan fingerprint density at radius 3 is 1.00 bits per heavy atom. The molecule has 0 unspecified atom stereocenters. The van der Waals surface area contributed by atoms with Crippen LogP contribution >= 0.6 is 0 Å². The molecule has 0 aliphatic heterocycles. The largest absolute Gasteiger partial charge is 4.00 e. The molecule has 0 bridgehead atoms. The third-order valence-electron chi connectivity index (χ3n) is 3.52. The Kier molecular flexibility index (Phi) is 47.9. The number of carbonyl (C=O) groups excluding carboxylic acids is 2. The number of hydrogen-bond donors (Lipinski definition) is 0. The van der Waals surface area contributed by atoms with Gasteiger partial charge in [0.1, 0.15) is 0 Å². The molecule has 0 aromatic heterocycles. The summed E-state index contributed by atoms with van der Waals surface area (Å²) in [4.78, 5) is 20.0. The van der Waals surface area contributed by atoms with Crippen LogP contribution in [-0.2, 0) is 9.59 Å². The van der Waals surface area contributed by atoms with E-state index in [1.54, 1.807) is 0 Å². The van der Waals surface area contributed by atoms with Crippen LogP contribution in [0.25, 0.3) is 0 Å². The third kappa shape index (κ3) is 73.0. The van der Waals surface area contributed by atoms with Gasteiger partial charge < -0.3 is 24.1 Å². The van der Waals surface area contributed by atoms with E-state index in [0.29, 0.717) is 0 Å². The number of carbonyl (C=O) groups is 2. The van der Waals surface area contributed by atoms with Crippen LogP contribution in [0.4, 0.5) is 0 Å². The van der Waals surface area contributed by atoms with Crippen molar-refractivity contribution >= 4 is 35.5 Å². The predicted octanol–water partition coefficient (Wildman–Crippen LogP) is 5.66. The molecule has 0 radical (unpaired) electrons. The second-order valence-corrected chi connectivity index (χ2v) is 7.27. The second kappa shape index (κ2) is 36.6. The Morgan fingerprint density at radius 2 is 0.871 bits per heavy atom. The molecule has 0 rings (SSSR count). The van der Waals surface area contributed by atoms with Gasteiger partial charge >= 0.3 is 23.9 Å². The summed E-state index contributed by atoms with van der Waals surface area (Å²) in [5, 5.41) is 20.0. The first kappa shape index (κ1) is 40.6. The molecule has 0 atom stereocenters. The Labute approximate surface area is 210 Å². The van der Waals surface area contributed by atoms with Crippen molar-refractivity contribution in [3.05, 3.63) is 37.5 Å². The summed E-state index contributed by atoms with van der Waals surface area (Å²) < 4.78 is 0. The molecule has 0 saturated heterocycles. The minimum absolute atomic E-state index is 0. The monoisotopic (exact) mass is 544 g/mol. The third-order valence-corrected chi connectivity index (χ3v) is 3.52. The van der Waals surface area contributed by atoms with Crippen LogP contribution in [0.3, 0.4) is 0 Å². The molecule has 180 valence electrons. The van der Waals surface area contributed by atoms with E-state index in [4.69, 9.17) is 0 Å². The standard InChI is InChI=1S/2C8H17.2C5H8O2.Sn/c2*1-3-5-7-8-6-4-2;2*1-4(6)3-5(2)7;/h2*1,3-8H2,2H3;2*3,6H,1-2H3;/q2*-1;;;+4/p-2. The predicted molar refractivity (Wildman–Crippen MR) is 132 cm³/mol. The van der Waals surface area contributed by atoms with Gasteiger partial charge in [0.25, 0.3) is 0 Å². The maximum Gasteiger partial charge on any atom is 4.00 e. The van der Waals surface area contributed by atoms with Crippen LogP contribution in [0.5, 0.6) is 0 Å². The minimum Gasteiger partial charge on any atom is -0.876 e. The van der Waals surface area contributed by atoms with E-state index in [9.17, 15) is 19.8 Å². The number of rotatable bonds is 12. The maximum atomic E-state index is 9.98. The molecule has 0 amide bonds. The summed E-state index contributed by atoms with van der Waals surface area (Å²) >= 11 is 0. The first-order chi connectivity index (χ1) is 14.1. The zero-order valence-corrected chi connectivity index (χ0v) is 24.0. The molecule has 0 fully saturated rings. The van der Waals surface area contributed by atoms with Gasteiger partial charge in [-0.25, -0.2) is 0 Å². The fourth-order valence-corrected chi connectivity index (χ4v) is 2.13. The molecule has 0 spiro atoms. The molecule has 31 heavy (non-hydrogen) atoms. The molecule has 0 aliphatic carbocycles. The van der Waals surface area contributed by atoms with Gasteiger partial charge in [-0.2, -0.15) is 12.8 Å². The van der Waals surface area contributed by atoms with Gasteiger partial charge in [0, 0.05) is 0 Å². The van der Waals surface area contributed by atoms with Crippen LogP contribution in [0.1, 0.15) is 119 Å². The quantitative estimate of drug-likeness (QED) is 0.105. The normalized spacial score (nSPS) is 10.2. The van der Waals surface area contributed by atoms with Crippen molar-refractivity contribution in [2.24, 2.45) is 0 Å². The van der Waals surface area contributed by atoms with Gasteiger partial charge in [0.05, 0.1) is 0 Å². The molecule has 0 aromatic carbocycles. The van der Waals surface area contributed by atoms with Crippen molar-refractivity contribution < 1.29 is 19.8 Å². The van der Waals surface area contributed by atoms with Crippen molar-refractivity contribution in [3.8, 4) is 0 Å². The fourth-order valence-electron chi connectivity index (χ4n) is 2.13. The number of hydrogen-bond acceptors (Lipinski definition) is 4. The Hall–Kier alpha value is -0.781. The van der Waals surface area contributed by atoms with E-state index in [-0.39, 0.29) is 47.0 Å². The fraction of sp³-hybridized carbons (Fsp3) is 0.692. The summed E-state index contributed by atoms with van der Waals surface area (Å²) in [6.45, 7) is 17.4. The van der Waals surface area contributed by atoms with E-state index < -0.39 is 0 Å². The van der Waals surface area contributed by atoms with Crippen LogP contribution in [0.15, 0.2) is 23.7 Å². The van der Waals surface area contributed by atoms with E-state index in [1.807, 2.05) is 0 Å². The zero-order chi connectivity index (χ0) is 24.2. The van der Waals surface area contributed by atoms with Gasteiger partial charge in [-0.1, -0.05) is 91.9 Å². The molecule has 4 nitrogen and oxygen atoms in total. The maximum absolute atomic E-state index is 9.98. The van der Waals surface area contributed by atoms with Crippen molar-refractivity contribution in [3.63, 3.8) is 0 Å². The Balaban J connectivity index is -0.0000000961. The summed E-state index contributed by atoms with van der Waals surface area (Å²) in [6.07, 6.45) is 18.1. The number of allylic oxidation sites excluding steroid dienone is 4. The average Bonchev–Trinajstić information content (AvgIpc) is 2.62. The van der Waals surface area contributed by atoms with Gasteiger partial charge in [-0.15, -0.1) is 11.5 Å². The second-order valence-electron chi connectivity index (χ2n) is 7.27. The number of unbranched alkanes of at least 4 members (excludes halogenated alkanes) is 10. The van der Waals surface area contributed by atoms with Gasteiger partial charge in [0.2, 0.25) is 0 Å². The summed E-state index contributed by atoms with van der Waals surface area (Å²) in [6, 6.07) is 0. The number of ketones is 2. The first-order valence-corrected chi connectivity index (χ1v) is 11.4. The van der Waals surface area contributed by atoms with E-state index in [1.165, 1.54) is 91.9 Å². The van der Waals surface area contributed by atoms with E-state index >= 15 is 0 Å². The topological polar surface area (TPSA) is 80.3 Å². The summed E-state index contributed by atoms with van der Waals surface area (Å²) in [7, 11) is 0. The van der Waals surface area contributed by atoms with Crippen molar-refractivity contribution in [2.45, 2.75) is 119 Å². The summed E-state index contributed by atoms with van der Waals surface area (Å²) in [5.74, 6) is -0.750. The molecular weight excluding hydrogens is 495 g/mol. The van der Waals surface area contributed by atoms with Crippen LogP contribution in [0, 0.1) is 13.8 Å². The minimum atomic E-state index is -0.187. The SMILES string of the molecule is CC(=O)C=C(C)[O-].CC(=O)C=C(C)[O-].[CH2-]CCCCCCC.[CH2-]CCCCCCC.[Sn+4]. The molecule has 0 N–H and O–H groups in total. The van der Waals surface area contributed by atoms with Gasteiger partial charge in [0.15, 0.2) is 11.6 Å². The zero-order valence-electron chi connectivity index (χ0n) is 21.2. The molecule has 0 aliphatic rings. The van der Waals surface area contributed by atoms with Crippen molar-refractivity contribution in [1.29, 1.82) is 0 Å². The molecule has 0 heterocycles. The van der Waals surface area contributed by atoms with E-state index in [2.05, 4.69) is 27.7 Å². The molecule has 5 heteroatoms. The Bertz CT molecular complexity index is 369. The van der Waals surface area contributed by atoms with Gasteiger partial charge in [-0.3, -0.25) is 9.59 Å². The first-order valence-electron chi connectivity index (χ1n) is 11.4.